The Labute approximate surface area is 95.1 Å². The molecule has 4 nitrogen and oxygen atoms in total. The van der Waals surface area contributed by atoms with Gasteiger partial charge in [0.15, 0.2) is 0 Å². The monoisotopic (exact) mass is 229 g/mol. The summed E-state index contributed by atoms with van der Waals surface area (Å²) in [7, 11) is 0. The topological polar surface area (TPSA) is 47.0 Å². The molecule has 1 heterocycles. The molecule has 0 saturated heterocycles. The molecule has 1 N–H and O–H groups in total. The van der Waals surface area contributed by atoms with Crippen LogP contribution < -0.4 is 5.32 Å². The van der Waals surface area contributed by atoms with E-state index < -0.39 is 0 Å². The molecule has 0 amide bonds. The molecule has 0 bridgehead atoms. The fraction of sp³-hybridized carbons (Fsp3) is 0.800. The molecule has 0 saturated carbocycles. The summed E-state index contributed by atoms with van der Waals surface area (Å²) >= 11 is 1.62. The van der Waals surface area contributed by atoms with Crippen molar-refractivity contribution in [2.45, 2.75) is 46.4 Å². The predicted molar refractivity (Wildman–Crippen MR) is 61.8 cm³/mol. The minimum Gasteiger partial charge on any atom is -0.374 e. The van der Waals surface area contributed by atoms with E-state index in [2.05, 4.69) is 36.3 Å². The summed E-state index contributed by atoms with van der Waals surface area (Å²) in [5.74, 6) is 0. The predicted octanol–water partition coefficient (Wildman–Crippen LogP) is 1.96. The highest BCUT2D eigenvalue weighted by Gasteiger charge is 2.04. The normalized spacial score (nSPS) is 11.2. The van der Waals surface area contributed by atoms with E-state index in [-0.39, 0.29) is 0 Å². The molecule has 0 atom stereocenters. The Bertz CT molecular complexity index is 275. The van der Waals surface area contributed by atoms with Crippen molar-refractivity contribution in [2.75, 3.05) is 6.61 Å². The minimum atomic E-state index is 0.480. The van der Waals surface area contributed by atoms with Gasteiger partial charge in [-0.25, -0.2) is 0 Å². The highest BCUT2D eigenvalue weighted by molar-refractivity contribution is 7.11. The van der Waals surface area contributed by atoms with Crippen molar-refractivity contribution >= 4 is 11.3 Å². The molecular weight excluding hydrogens is 210 g/mol. The van der Waals surface area contributed by atoms with Crippen LogP contribution in [0.5, 0.6) is 0 Å². The fourth-order valence-electron chi connectivity index (χ4n) is 1.01. The van der Waals surface area contributed by atoms with Gasteiger partial charge in [0.05, 0.1) is 0 Å². The Hall–Kier alpha value is -0.520. The molecule has 0 unspecified atom stereocenters. The van der Waals surface area contributed by atoms with Crippen molar-refractivity contribution in [1.29, 1.82) is 0 Å². The molecule has 0 fully saturated rings. The zero-order valence-electron chi connectivity index (χ0n) is 9.62. The van der Waals surface area contributed by atoms with Crippen LogP contribution in [0.3, 0.4) is 0 Å². The lowest BCUT2D eigenvalue weighted by molar-refractivity contribution is 0.121. The van der Waals surface area contributed by atoms with Gasteiger partial charge in [0.2, 0.25) is 0 Å². The molecule has 0 aliphatic rings. The van der Waals surface area contributed by atoms with Crippen LogP contribution in [0.2, 0.25) is 0 Å². The van der Waals surface area contributed by atoms with Crippen LogP contribution in [0.25, 0.3) is 0 Å². The maximum atomic E-state index is 5.40. The van der Waals surface area contributed by atoms with Gasteiger partial charge >= 0.3 is 0 Å². The van der Waals surface area contributed by atoms with Gasteiger partial charge in [-0.3, -0.25) is 0 Å². The molecule has 15 heavy (non-hydrogen) atoms. The molecule has 1 aromatic heterocycles. The molecule has 0 aliphatic carbocycles. The lowest BCUT2D eigenvalue weighted by Crippen LogP contribution is -2.21. The van der Waals surface area contributed by atoms with E-state index in [1.54, 1.807) is 11.3 Å². The summed E-state index contributed by atoms with van der Waals surface area (Å²) in [5.41, 5.74) is 0. The van der Waals surface area contributed by atoms with Gasteiger partial charge in [-0.2, -0.15) is 0 Å². The second-order valence-electron chi connectivity index (χ2n) is 3.68. The van der Waals surface area contributed by atoms with Crippen molar-refractivity contribution in [3.8, 4) is 0 Å². The van der Waals surface area contributed by atoms with Crippen molar-refractivity contribution in [3.63, 3.8) is 0 Å². The molecule has 0 spiro atoms. The van der Waals surface area contributed by atoms with Crippen molar-refractivity contribution in [1.82, 2.24) is 15.5 Å². The zero-order valence-corrected chi connectivity index (χ0v) is 10.4. The first-order chi connectivity index (χ1) is 7.22. The Morgan fingerprint density at radius 3 is 2.73 bits per heavy atom. The SMILES string of the molecule is CCCOCc1nnc(CNC(C)C)s1. The lowest BCUT2D eigenvalue weighted by atomic mass is 10.4. The van der Waals surface area contributed by atoms with Crippen LogP contribution in [-0.2, 0) is 17.9 Å². The molecule has 5 heteroatoms. The van der Waals surface area contributed by atoms with Gasteiger partial charge in [0, 0.05) is 19.2 Å². The molecule has 0 radical (unpaired) electrons. The number of aromatic nitrogens is 2. The van der Waals surface area contributed by atoms with E-state index >= 15 is 0 Å². The Balaban J connectivity index is 2.29. The Kier molecular flexibility index (Phi) is 5.75. The van der Waals surface area contributed by atoms with Crippen molar-refractivity contribution in [3.05, 3.63) is 10.0 Å². The first-order valence-electron chi connectivity index (χ1n) is 5.34. The molecule has 1 rings (SSSR count). The van der Waals surface area contributed by atoms with Gasteiger partial charge < -0.3 is 10.1 Å². The summed E-state index contributed by atoms with van der Waals surface area (Å²) in [6.45, 7) is 8.51. The third-order valence-corrected chi connectivity index (χ3v) is 2.64. The number of hydrogen-bond acceptors (Lipinski definition) is 5. The van der Waals surface area contributed by atoms with Crippen LogP contribution in [0.15, 0.2) is 0 Å². The van der Waals surface area contributed by atoms with Gasteiger partial charge in [0.25, 0.3) is 0 Å². The smallest absolute Gasteiger partial charge is 0.143 e. The fourth-order valence-corrected chi connectivity index (χ4v) is 1.75. The summed E-state index contributed by atoms with van der Waals surface area (Å²) in [5, 5.41) is 13.5. The molecular formula is C10H19N3OS. The summed E-state index contributed by atoms with van der Waals surface area (Å²) in [4.78, 5) is 0. The average molecular weight is 229 g/mol. The number of nitrogens with one attached hydrogen (secondary N) is 1. The first-order valence-corrected chi connectivity index (χ1v) is 6.16. The molecule has 0 aliphatic heterocycles. The van der Waals surface area contributed by atoms with Gasteiger partial charge in [0.1, 0.15) is 16.6 Å². The summed E-state index contributed by atoms with van der Waals surface area (Å²) in [6, 6.07) is 0.480. The largest absolute Gasteiger partial charge is 0.374 e. The molecule has 86 valence electrons. The third kappa shape index (κ3) is 5.20. The second kappa shape index (κ2) is 6.87. The highest BCUT2D eigenvalue weighted by atomic mass is 32.1. The van der Waals surface area contributed by atoms with Gasteiger partial charge in [-0.05, 0) is 6.42 Å². The van der Waals surface area contributed by atoms with Crippen LogP contribution in [0.1, 0.15) is 37.2 Å². The maximum absolute atomic E-state index is 5.40. The van der Waals surface area contributed by atoms with Gasteiger partial charge in [-0.1, -0.05) is 32.1 Å². The van der Waals surface area contributed by atoms with Crippen LogP contribution in [0.4, 0.5) is 0 Å². The Morgan fingerprint density at radius 1 is 1.33 bits per heavy atom. The van der Waals surface area contributed by atoms with E-state index in [1.807, 2.05) is 0 Å². The number of rotatable bonds is 7. The van der Waals surface area contributed by atoms with Crippen LogP contribution in [0, 0.1) is 0 Å². The van der Waals surface area contributed by atoms with E-state index in [0.29, 0.717) is 12.6 Å². The number of nitrogens with zero attached hydrogens (tertiary/aromatic N) is 2. The summed E-state index contributed by atoms with van der Waals surface area (Å²) < 4.78 is 5.40. The van der Waals surface area contributed by atoms with E-state index in [0.717, 1.165) is 29.6 Å². The van der Waals surface area contributed by atoms with Crippen LogP contribution >= 0.6 is 11.3 Å². The highest BCUT2D eigenvalue weighted by Crippen LogP contribution is 2.10. The molecule has 1 aromatic rings. The first kappa shape index (κ1) is 12.5. The maximum Gasteiger partial charge on any atom is 0.143 e. The average Bonchev–Trinajstić information content (AvgIpc) is 2.63. The third-order valence-electron chi connectivity index (χ3n) is 1.74. The minimum absolute atomic E-state index is 0.480. The standard InChI is InChI=1S/C10H19N3OS/c1-4-5-14-7-10-13-12-9(15-10)6-11-8(2)3/h8,11H,4-7H2,1-3H3. The zero-order chi connectivity index (χ0) is 11.1. The molecule has 0 aromatic carbocycles. The second-order valence-corrected chi connectivity index (χ2v) is 4.82. The van der Waals surface area contributed by atoms with E-state index in [9.17, 15) is 0 Å². The summed E-state index contributed by atoms with van der Waals surface area (Å²) in [6.07, 6.45) is 1.04. The van der Waals surface area contributed by atoms with E-state index in [4.69, 9.17) is 4.74 Å². The lowest BCUT2D eigenvalue weighted by Gasteiger charge is -2.03. The van der Waals surface area contributed by atoms with Gasteiger partial charge in [-0.15, -0.1) is 10.2 Å². The van der Waals surface area contributed by atoms with Crippen molar-refractivity contribution in [2.24, 2.45) is 0 Å². The van der Waals surface area contributed by atoms with Crippen molar-refractivity contribution < 1.29 is 4.74 Å². The quantitative estimate of drug-likeness (QED) is 0.726. The van der Waals surface area contributed by atoms with Crippen LogP contribution in [-0.4, -0.2) is 22.8 Å². The Morgan fingerprint density at radius 2 is 2.07 bits per heavy atom. The number of hydrogen-bond donors (Lipinski definition) is 1. The number of ether oxygens (including phenoxy) is 1. The van der Waals surface area contributed by atoms with E-state index in [1.165, 1.54) is 0 Å².